The molecule has 2 nitrogen and oxygen atoms in total. The van der Waals surface area contributed by atoms with E-state index in [2.05, 4.69) is 12.1 Å². The second-order valence-electron chi connectivity index (χ2n) is 3.76. The molecule has 0 aliphatic carbocycles. The summed E-state index contributed by atoms with van der Waals surface area (Å²) in [6, 6.07) is 10.4. The Morgan fingerprint density at radius 2 is 2.07 bits per heavy atom. The van der Waals surface area contributed by atoms with Gasteiger partial charge in [-0.1, -0.05) is 30.3 Å². The minimum absolute atomic E-state index is 0.244. The summed E-state index contributed by atoms with van der Waals surface area (Å²) in [5, 5.41) is 0. The van der Waals surface area contributed by atoms with Crippen LogP contribution in [0.1, 0.15) is 24.4 Å². The van der Waals surface area contributed by atoms with Gasteiger partial charge in [-0.25, -0.2) is 0 Å². The number of rotatable bonds is 4. The van der Waals surface area contributed by atoms with Crippen molar-refractivity contribution in [2.24, 2.45) is 0 Å². The van der Waals surface area contributed by atoms with Crippen LogP contribution in [0.15, 0.2) is 30.3 Å². The smallest absolute Gasteiger partial charge is 0.225 e. The van der Waals surface area contributed by atoms with Crippen molar-refractivity contribution < 1.29 is 4.79 Å². The highest BCUT2D eigenvalue weighted by atomic mass is 35.5. The largest absolute Gasteiger partial charge is 0.335 e. The number of nitrogens with zero attached hydrogens (tertiary/aromatic N) is 1. The van der Waals surface area contributed by atoms with Gasteiger partial charge in [0.25, 0.3) is 0 Å². The number of benzene rings is 1. The van der Waals surface area contributed by atoms with Crippen LogP contribution in [0.3, 0.4) is 0 Å². The number of carbonyl (C=O) groups excluding carboxylic acids is 1. The first-order valence-electron chi connectivity index (χ1n) is 5.23. The summed E-state index contributed by atoms with van der Waals surface area (Å²) in [4.78, 5) is 13.3. The quantitative estimate of drug-likeness (QED) is 0.568. The molecule has 0 spiro atoms. The molecule has 1 aliphatic rings. The van der Waals surface area contributed by atoms with Crippen LogP contribution in [0.4, 0.5) is 0 Å². The van der Waals surface area contributed by atoms with Gasteiger partial charge in [0, 0.05) is 12.4 Å². The molecule has 1 saturated heterocycles. The van der Waals surface area contributed by atoms with E-state index in [1.54, 1.807) is 0 Å². The van der Waals surface area contributed by atoms with Crippen LogP contribution < -0.4 is 0 Å². The molecule has 1 atom stereocenters. The summed E-state index contributed by atoms with van der Waals surface area (Å²) in [7, 11) is 0. The maximum absolute atomic E-state index is 11.4. The standard InChI is InChI=1S/C12H14ClNO/c13-7-4-8-14-11(9-12(14)15)10-5-2-1-3-6-10/h1-3,5-6,11H,4,7-9H2. The fourth-order valence-corrected chi connectivity index (χ4v) is 2.06. The number of hydrogen-bond donors (Lipinski definition) is 0. The van der Waals surface area contributed by atoms with Crippen molar-refractivity contribution in [3.63, 3.8) is 0 Å². The second-order valence-corrected chi connectivity index (χ2v) is 4.14. The van der Waals surface area contributed by atoms with E-state index in [1.807, 2.05) is 23.1 Å². The average Bonchev–Trinajstić information content (AvgIpc) is 2.27. The van der Waals surface area contributed by atoms with Crippen molar-refractivity contribution in [3.8, 4) is 0 Å². The lowest BCUT2D eigenvalue weighted by Gasteiger charge is -2.40. The highest BCUT2D eigenvalue weighted by molar-refractivity contribution is 6.17. The molecule has 1 fully saturated rings. The molecular formula is C12H14ClNO. The maximum atomic E-state index is 11.4. The Bertz CT molecular complexity index is 339. The Morgan fingerprint density at radius 3 is 2.67 bits per heavy atom. The number of likely N-dealkylation sites (tertiary alicyclic amines) is 1. The topological polar surface area (TPSA) is 20.3 Å². The van der Waals surface area contributed by atoms with Gasteiger partial charge in [0.1, 0.15) is 0 Å². The molecule has 15 heavy (non-hydrogen) atoms. The molecule has 1 aromatic carbocycles. The van der Waals surface area contributed by atoms with Crippen LogP contribution in [0.25, 0.3) is 0 Å². The van der Waals surface area contributed by atoms with Crippen molar-refractivity contribution in [1.82, 2.24) is 4.90 Å². The van der Waals surface area contributed by atoms with Crippen molar-refractivity contribution in [2.75, 3.05) is 12.4 Å². The highest BCUT2D eigenvalue weighted by Crippen LogP contribution is 2.34. The third kappa shape index (κ3) is 2.15. The molecule has 0 N–H and O–H groups in total. The molecule has 0 bridgehead atoms. The highest BCUT2D eigenvalue weighted by Gasteiger charge is 2.36. The lowest BCUT2D eigenvalue weighted by Crippen LogP contribution is -2.46. The summed E-state index contributed by atoms with van der Waals surface area (Å²) in [5.74, 6) is 0.861. The number of hydrogen-bond acceptors (Lipinski definition) is 1. The molecular weight excluding hydrogens is 210 g/mol. The molecule has 1 aliphatic heterocycles. The third-order valence-electron chi connectivity index (χ3n) is 2.78. The van der Waals surface area contributed by atoms with Crippen molar-refractivity contribution in [1.29, 1.82) is 0 Å². The number of halogens is 1. The number of β-lactam (4-membered cyclic amide) rings is 1. The first-order chi connectivity index (χ1) is 7.33. The maximum Gasteiger partial charge on any atom is 0.225 e. The van der Waals surface area contributed by atoms with E-state index in [0.29, 0.717) is 12.3 Å². The van der Waals surface area contributed by atoms with Crippen molar-refractivity contribution >= 4 is 17.5 Å². The predicted octanol–water partition coefficient (Wildman–Crippen LogP) is 2.59. The van der Waals surface area contributed by atoms with Crippen LogP contribution in [0.5, 0.6) is 0 Å². The number of alkyl halides is 1. The average molecular weight is 224 g/mol. The molecule has 1 amide bonds. The minimum atomic E-state index is 0.244. The number of carbonyl (C=O) groups is 1. The van der Waals surface area contributed by atoms with Gasteiger partial charge in [0.15, 0.2) is 0 Å². The van der Waals surface area contributed by atoms with Crippen LogP contribution in [-0.2, 0) is 4.79 Å². The third-order valence-corrected chi connectivity index (χ3v) is 3.05. The Hall–Kier alpha value is -1.02. The van der Waals surface area contributed by atoms with Gasteiger partial charge in [0.2, 0.25) is 5.91 Å². The summed E-state index contributed by atoms with van der Waals surface area (Å²) in [5.41, 5.74) is 1.23. The van der Waals surface area contributed by atoms with Gasteiger partial charge >= 0.3 is 0 Å². The van der Waals surface area contributed by atoms with Crippen molar-refractivity contribution in [2.45, 2.75) is 18.9 Å². The fourth-order valence-electron chi connectivity index (χ4n) is 1.94. The first-order valence-corrected chi connectivity index (χ1v) is 5.77. The van der Waals surface area contributed by atoms with E-state index in [9.17, 15) is 4.79 Å². The zero-order chi connectivity index (χ0) is 10.7. The van der Waals surface area contributed by atoms with Gasteiger partial charge in [-0.05, 0) is 12.0 Å². The van der Waals surface area contributed by atoms with Gasteiger partial charge < -0.3 is 4.90 Å². The van der Waals surface area contributed by atoms with Crippen LogP contribution >= 0.6 is 11.6 Å². The lowest BCUT2D eigenvalue weighted by atomic mass is 9.94. The molecule has 1 aromatic rings. The molecule has 0 aromatic heterocycles. The van der Waals surface area contributed by atoms with Crippen LogP contribution in [0, 0.1) is 0 Å². The van der Waals surface area contributed by atoms with Gasteiger partial charge in [0.05, 0.1) is 12.5 Å². The SMILES string of the molecule is O=C1CC(c2ccccc2)N1CCCCl. The summed E-state index contributed by atoms with van der Waals surface area (Å²) >= 11 is 5.63. The lowest BCUT2D eigenvalue weighted by molar-refractivity contribution is -0.146. The number of amides is 1. The Kier molecular flexibility index (Phi) is 3.27. The van der Waals surface area contributed by atoms with Gasteiger partial charge in [-0.2, -0.15) is 0 Å². The van der Waals surface area contributed by atoms with E-state index in [1.165, 1.54) is 5.56 Å². The summed E-state index contributed by atoms with van der Waals surface area (Å²) < 4.78 is 0. The van der Waals surface area contributed by atoms with E-state index in [4.69, 9.17) is 11.6 Å². The van der Waals surface area contributed by atoms with E-state index in [0.717, 1.165) is 13.0 Å². The summed E-state index contributed by atoms with van der Waals surface area (Å²) in [6.07, 6.45) is 1.52. The second kappa shape index (κ2) is 4.67. The van der Waals surface area contributed by atoms with E-state index in [-0.39, 0.29) is 11.9 Å². The monoisotopic (exact) mass is 223 g/mol. The molecule has 1 heterocycles. The zero-order valence-corrected chi connectivity index (χ0v) is 9.28. The first kappa shape index (κ1) is 10.5. The zero-order valence-electron chi connectivity index (χ0n) is 8.53. The van der Waals surface area contributed by atoms with Gasteiger partial charge in [-0.15, -0.1) is 11.6 Å². The Morgan fingerprint density at radius 1 is 1.33 bits per heavy atom. The Labute approximate surface area is 94.8 Å². The van der Waals surface area contributed by atoms with E-state index < -0.39 is 0 Å². The van der Waals surface area contributed by atoms with Gasteiger partial charge in [-0.3, -0.25) is 4.79 Å². The molecule has 80 valence electrons. The molecule has 3 heteroatoms. The van der Waals surface area contributed by atoms with Crippen LogP contribution in [0.2, 0.25) is 0 Å². The van der Waals surface area contributed by atoms with E-state index >= 15 is 0 Å². The Balaban J connectivity index is 2.02. The summed E-state index contributed by atoms with van der Waals surface area (Å²) in [6.45, 7) is 0.780. The molecule has 1 unspecified atom stereocenters. The predicted molar refractivity (Wildman–Crippen MR) is 60.9 cm³/mol. The van der Waals surface area contributed by atoms with Crippen LogP contribution in [-0.4, -0.2) is 23.2 Å². The molecule has 0 saturated carbocycles. The minimum Gasteiger partial charge on any atom is -0.335 e. The molecule has 0 radical (unpaired) electrons. The van der Waals surface area contributed by atoms with Crippen molar-refractivity contribution in [3.05, 3.63) is 35.9 Å². The normalized spacial score (nSPS) is 20.2. The molecule has 2 rings (SSSR count). The fraction of sp³-hybridized carbons (Fsp3) is 0.417.